The summed E-state index contributed by atoms with van der Waals surface area (Å²) in [5.74, 6) is 0.590. The second-order valence-corrected chi connectivity index (χ2v) is 6.42. The quantitative estimate of drug-likeness (QED) is 0.862. The molecule has 110 valence electrons. The molecule has 0 aliphatic heterocycles. The van der Waals surface area contributed by atoms with Crippen molar-refractivity contribution in [3.63, 3.8) is 0 Å². The second kappa shape index (κ2) is 6.03. The molecule has 0 spiro atoms. The highest BCUT2D eigenvalue weighted by Gasteiger charge is 2.16. The van der Waals surface area contributed by atoms with Crippen LogP contribution in [-0.4, -0.2) is 7.05 Å². The molecule has 1 atom stereocenters. The molecule has 0 saturated heterocycles. The van der Waals surface area contributed by atoms with E-state index in [9.17, 15) is 0 Å². The molecule has 0 fully saturated rings. The summed E-state index contributed by atoms with van der Waals surface area (Å²) in [5, 5.41) is 3.47. The van der Waals surface area contributed by atoms with Gasteiger partial charge in [-0.2, -0.15) is 0 Å². The van der Waals surface area contributed by atoms with Crippen molar-refractivity contribution in [2.24, 2.45) is 0 Å². The molecule has 2 aromatic carbocycles. The van der Waals surface area contributed by atoms with Crippen molar-refractivity contribution in [2.75, 3.05) is 7.05 Å². The largest absolute Gasteiger partial charge is 0.309 e. The van der Waals surface area contributed by atoms with Crippen LogP contribution in [0.2, 0.25) is 0 Å². The molecule has 3 rings (SSSR count). The van der Waals surface area contributed by atoms with Gasteiger partial charge in [0.2, 0.25) is 0 Å². The first-order valence-electron chi connectivity index (χ1n) is 8.08. The Labute approximate surface area is 128 Å². The molecule has 1 unspecified atom stereocenters. The molecular weight excluding hydrogens is 254 g/mol. The van der Waals surface area contributed by atoms with Crippen LogP contribution >= 0.6 is 0 Å². The summed E-state index contributed by atoms with van der Waals surface area (Å²) >= 11 is 0. The van der Waals surface area contributed by atoms with Crippen molar-refractivity contribution >= 4 is 0 Å². The molecule has 0 radical (unpaired) electrons. The van der Waals surface area contributed by atoms with E-state index in [0.29, 0.717) is 5.92 Å². The fourth-order valence-electron chi connectivity index (χ4n) is 3.37. The van der Waals surface area contributed by atoms with Crippen LogP contribution in [0.5, 0.6) is 0 Å². The first-order chi connectivity index (χ1) is 10.2. The number of hydrogen-bond donors (Lipinski definition) is 1. The fourth-order valence-corrected chi connectivity index (χ4v) is 3.37. The zero-order chi connectivity index (χ0) is 14.8. The van der Waals surface area contributed by atoms with E-state index in [1.165, 1.54) is 36.0 Å². The smallest absolute Gasteiger partial charge is 0.0574 e. The Morgan fingerprint density at radius 3 is 2.10 bits per heavy atom. The summed E-state index contributed by atoms with van der Waals surface area (Å²) in [6.45, 7) is 4.48. The summed E-state index contributed by atoms with van der Waals surface area (Å²) in [7, 11) is 2.05. The van der Waals surface area contributed by atoms with Crippen molar-refractivity contribution in [3.8, 4) is 0 Å². The van der Waals surface area contributed by atoms with Gasteiger partial charge in [0.05, 0.1) is 6.04 Å². The zero-order valence-corrected chi connectivity index (χ0v) is 13.3. The highest BCUT2D eigenvalue weighted by atomic mass is 14.9. The van der Waals surface area contributed by atoms with Gasteiger partial charge in [-0.15, -0.1) is 0 Å². The molecule has 1 N–H and O–H groups in total. The highest BCUT2D eigenvalue weighted by molar-refractivity contribution is 5.40. The molecule has 0 aromatic heterocycles. The van der Waals surface area contributed by atoms with Gasteiger partial charge in [-0.25, -0.2) is 0 Å². The molecule has 1 heteroatoms. The molecule has 21 heavy (non-hydrogen) atoms. The number of rotatable bonds is 4. The Hall–Kier alpha value is -1.60. The molecule has 1 nitrogen and oxygen atoms in total. The number of aryl methyl sites for hydroxylation is 2. The molecule has 1 aliphatic rings. The normalized spacial score (nSPS) is 15.2. The van der Waals surface area contributed by atoms with Crippen molar-refractivity contribution < 1.29 is 0 Å². The van der Waals surface area contributed by atoms with Gasteiger partial charge in [-0.1, -0.05) is 56.3 Å². The average molecular weight is 279 g/mol. The number of fused-ring (bicyclic) bond motifs is 1. The average Bonchev–Trinajstić information content (AvgIpc) is 2.96. The lowest BCUT2D eigenvalue weighted by Gasteiger charge is -2.19. The number of nitrogens with one attached hydrogen (secondary N) is 1. The van der Waals surface area contributed by atoms with E-state index in [-0.39, 0.29) is 6.04 Å². The van der Waals surface area contributed by atoms with Crippen LogP contribution in [0.4, 0.5) is 0 Å². The van der Waals surface area contributed by atoms with Crippen LogP contribution in [0.25, 0.3) is 0 Å². The topological polar surface area (TPSA) is 12.0 Å². The second-order valence-electron chi connectivity index (χ2n) is 6.42. The summed E-state index contributed by atoms with van der Waals surface area (Å²) in [5.41, 5.74) is 7.23. The fraction of sp³-hybridized carbons (Fsp3) is 0.400. The van der Waals surface area contributed by atoms with E-state index in [0.717, 1.165) is 0 Å². The van der Waals surface area contributed by atoms with Gasteiger partial charge < -0.3 is 5.32 Å². The van der Waals surface area contributed by atoms with E-state index in [1.54, 1.807) is 11.1 Å². The van der Waals surface area contributed by atoms with Crippen LogP contribution in [0.1, 0.15) is 60.0 Å². The predicted octanol–water partition coefficient (Wildman–Crippen LogP) is 4.61. The Morgan fingerprint density at radius 1 is 0.810 bits per heavy atom. The first-order valence-corrected chi connectivity index (χ1v) is 8.08. The van der Waals surface area contributed by atoms with E-state index < -0.39 is 0 Å². The summed E-state index contributed by atoms with van der Waals surface area (Å²) in [6.07, 6.45) is 3.81. The monoisotopic (exact) mass is 279 g/mol. The number of hydrogen-bond acceptors (Lipinski definition) is 1. The maximum atomic E-state index is 3.47. The van der Waals surface area contributed by atoms with Crippen molar-refractivity contribution in [3.05, 3.63) is 70.3 Å². The molecule has 1 aliphatic carbocycles. The van der Waals surface area contributed by atoms with Crippen molar-refractivity contribution in [2.45, 2.75) is 45.1 Å². The van der Waals surface area contributed by atoms with Crippen LogP contribution < -0.4 is 5.32 Å². The minimum Gasteiger partial charge on any atom is -0.309 e. The standard InChI is InChI=1S/C20H25N/c1-14(2)15-7-10-17(11-8-15)20(21-3)19-12-9-16-5-4-6-18(16)13-19/h7-14,20-21H,4-6H2,1-3H3. The van der Waals surface area contributed by atoms with Crippen LogP contribution in [0, 0.1) is 0 Å². The third kappa shape index (κ3) is 2.89. The molecular formula is C20H25N. The van der Waals surface area contributed by atoms with E-state index in [4.69, 9.17) is 0 Å². The molecule has 0 saturated carbocycles. The summed E-state index contributed by atoms with van der Waals surface area (Å²) in [4.78, 5) is 0. The highest BCUT2D eigenvalue weighted by Crippen LogP contribution is 2.29. The van der Waals surface area contributed by atoms with Gasteiger partial charge in [0.25, 0.3) is 0 Å². The van der Waals surface area contributed by atoms with Crippen molar-refractivity contribution in [1.82, 2.24) is 5.32 Å². The summed E-state index contributed by atoms with van der Waals surface area (Å²) in [6, 6.07) is 16.4. The van der Waals surface area contributed by atoms with Gasteiger partial charge in [0, 0.05) is 0 Å². The Kier molecular flexibility index (Phi) is 4.12. The predicted molar refractivity (Wildman–Crippen MR) is 89.9 cm³/mol. The van der Waals surface area contributed by atoms with Crippen LogP contribution in [0.3, 0.4) is 0 Å². The van der Waals surface area contributed by atoms with Crippen molar-refractivity contribution in [1.29, 1.82) is 0 Å². The summed E-state index contributed by atoms with van der Waals surface area (Å²) < 4.78 is 0. The first kappa shape index (κ1) is 14.3. The molecule has 0 amide bonds. The molecule has 0 bridgehead atoms. The van der Waals surface area contributed by atoms with E-state index >= 15 is 0 Å². The Balaban J connectivity index is 1.90. The van der Waals surface area contributed by atoms with Gasteiger partial charge in [0.15, 0.2) is 0 Å². The van der Waals surface area contributed by atoms with Crippen LogP contribution in [0.15, 0.2) is 42.5 Å². The lowest BCUT2D eigenvalue weighted by molar-refractivity contribution is 0.690. The maximum absolute atomic E-state index is 3.47. The van der Waals surface area contributed by atoms with E-state index in [1.807, 2.05) is 7.05 Å². The SMILES string of the molecule is CNC(c1ccc(C(C)C)cc1)c1ccc2c(c1)CCC2. The van der Waals surface area contributed by atoms with Gasteiger partial charge >= 0.3 is 0 Å². The Bertz CT molecular complexity index is 610. The van der Waals surface area contributed by atoms with E-state index in [2.05, 4.69) is 61.6 Å². The lowest BCUT2D eigenvalue weighted by Crippen LogP contribution is -2.18. The van der Waals surface area contributed by atoms with Gasteiger partial charge in [-0.05, 0) is 60.0 Å². The third-order valence-corrected chi connectivity index (χ3v) is 4.68. The van der Waals surface area contributed by atoms with Gasteiger partial charge in [-0.3, -0.25) is 0 Å². The third-order valence-electron chi connectivity index (χ3n) is 4.68. The minimum absolute atomic E-state index is 0.289. The molecule has 2 aromatic rings. The van der Waals surface area contributed by atoms with Crippen LogP contribution in [-0.2, 0) is 12.8 Å². The zero-order valence-electron chi connectivity index (χ0n) is 13.3. The maximum Gasteiger partial charge on any atom is 0.0574 e. The number of benzene rings is 2. The van der Waals surface area contributed by atoms with Gasteiger partial charge in [0.1, 0.15) is 0 Å². The Morgan fingerprint density at radius 2 is 1.43 bits per heavy atom. The lowest BCUT2D eigenvalue weighted by atomic mass is 9.93. The molecule has 0 heterocycles. The minimum atomic E-state index is 0.289.